The lowest BCUT2D eigenvalue weighted by molar-refractivity contribution is -0.189. The number of thioether (sulfide) groups is 1. The third-order valence-corrected chi connectivity index (χ3v) is 10.1. The number of halogens is 3. The second-order valence-corrected chi connectivity index (χ2v) is 11.7. The molecule has 10 heteroatoms. The number of nitrogens with two attached hydrogens (primary N) is 1. The van der Waals surface area contributed by atoms with E-state index in [-0.39, 0.29) is 22.6 Å². The van der Waals surface area contributed by atoms with E-state index in [4.69, 9.17) is 17.4 Å². The summed E-state index contributed by atoms with van der Waals surface area (Å²) in [4.78, 5) is 22.0. The average molecular weight is 546 g/mol. The molecule has 1 aromatic heterocycles. The van der Waals surface area contributed by atoms with Crippen LogP contribution in [0.4, 0.5) is 8.78 Å². The number of hydrogen-bond donors (Lipinski definition) is 1. The number of pyridine rings is 1. The van der Waals surface area contributed by atoms with Crippen LogP contribution in [-0.4, -0.2) is 34.2 Å². The van der Waals surface area contributed by atoms with Gasteiger partial charge in [-0.3, -0.25) is 14.8 Å². The van der Waals surface area contributed by atoms with Crippen LogP contribution in [0.5, 0.6) is 0 Å². The van der Waals surface area contributed by atoms with Crippen molar-refractivity contribution in [2.75, 3.05) is 7.05 Å². The number of carbonyl (C=O) groups excluding carboxylic acids is 1. The Hall–Kier alpha value is -2.65. The summed E-state index contributed by atoms with van der Waals surface area (Å²) >= 11 is 7.44. The number of rotatable bonds is 5. The molecule has 1 aromatic carbocycles. The van der Waals surface area contributed by atoms with Crippen LogP contribution in [0.25, 0.3) is 17.2 Å². The molecule has 1 aliphatic carbocycles. The summed E-state index contributed by atoms with van der Waals surface area (Å²) in [6.07, 6.45) is 4.66. The fraction of sp³-hybridized carbons (Fsp3) is 0.444. The normalized spacial score (nSPS) is 31.8. The van der Waals surface area contributed by atoms with E-state index in [9.17, 15) is 4.79 Å². The quantitative estimate of drug-likeness (QED) is 0.142. The van der Waals surface area contributed by atoms with Crippen LogP contribution in [0.1, 0.15) is 39.3 Å². The maximum atomic E-state index is 15.6. The molecule has 0 radical (unpaired) electrons. The highest BCUT2D eigenvalue weighted by molar-refractivity contribution is 8.14. The van der Waals surface area contributed by atoms with E-state index in [0.717, 1.165) is 22.9 Å². The van der Waals surface area contributed by atoms with E-state index in [0.29, 0.717) is 10.7 Å². The number of benzene rings is 1. The Balaban J connectivity index is 1.73. The Morgan fingerprint density at radius 1 is 1.27 bits per heavy atom. The van der Waals surface area contributed by atoms with E-state index in [1.165, 1.54) is 7.05 Å². The molecule has 0 spiro atoms. The van der Waals surface area contributed by atoms with Gasteiger partial charge in [0.05, 0.1) is 11.1 Å². The van der Waals surface area contributed by atoms with Gasteiger partial charge in [-0.2, -0.15) is 0 Å². The van der Waals surface area contributed by atoms with Gasteiger partial charge in [-0.25, -0.2) is 8.78 Å². The van der Waals surface area contributed by atoms with Crippen molar-refractivity contribution in [3.05, 3.63) is 59.4 Å². The summed E-state index contributed by atoms with van der Waals surface area (Å²) in [6, 6.07) is 11.2. The zero-order valence-corrected chi connectivity index (χ0v) is 22.7. The Labute approximate surface area is 224 Å². The van der Waals surface area contributed by atoms with E-state index in [1.54, 1.807) is 25.3 Å². The molecule has 0 bridgehead atoms. The van der Waals surface area contributed by atoms with Gasteiger partial charge in [0.15, 0.2) is 5.12 Å². The first-order valence-electron chi connectivity index (χ1n) is 12.0. The molecule has 196 valence electrons. The minimum absolute atomic E-state index is 0.0473. The first-order chi connectivity index (χ1) is 17.5. The second kappa shape index (κ2) is 10.3. The molecule has 2 heterocycles. The molecule has 0 unspecified atom stereocenters. The summed E-state index contributed by atoms with van der Waals surface area (Å²) in [5, 5.41) is 7.27. The van der Waals surface area contributed by atoms with Crippen LogP contribution >= 0.6 is 23.4 Å². The Morgan fingerprint density at radius 2 is 2.00 bits per heavy atom. The minimum Gasteiger partial charge on any atom is -0.305 e. The number of hydrogen-bond acceptors (Lipinski definition) is 5. The summed E-state index contributed by atoms with van der Waals surface area (Å²) < 4.78 is 31.2. The van der Waals surface area contributed by atoms with Crippen LogP contribution in [0.15, 0.2) is 64.0 Å². The van der Waals surface area contributed by atoms with Crippen LogP contribution in [0.2, 0.25) is 5.02 Å². The molecule has 2 N–H and O–H groups in total. The zero-order valence-electron chi connectivity index (χ0n) is 21.2. The topological polar surface area (TPSA) is 93.1 Å². The van der Waals surface area contributed by atoms with Crippen molar-refractivity contribution in [2.45, 2.75) is 44.8 Å². The molecular formula is C27H30ClF2N5OS. The standard InChI is InChI=1S/C27H30ClF2N5OS/c1-16-21(12-11-19-10-9-18(14-33-19)20-7-5-6-8-22(20)28)25(3)17(2)37-24(36)26(25,15-27(16,29)30)13-23(32-4)34-35-31/h5-12,14,16-17,21H,13,15H2,1-4H3,(H2,31,32,34)/b12-11+/t16-,17+,21-,25-,26-/m0/s1. The van der Waals surface area contributed by atoms with Crippen molar-refractivity contribution < 1.29 is 13.6 Å². The van der Waals surface area contributed by atoms with E-state index < -0.39 is 35.0 Å². The van der Waals surface area contributed by atoms with Gasteiger partial charge in [-0.15, -0.1) is 5.11 Å². The van der Waals surface area contributed by atoms with Crippen LogP contribution in [-0.2, 0) is 4.79 Å². The highest BCUT2D eigenvalue weighted by atomic mass is 35.5. The van der Waals surface area contributed by atoms with Gasteiger partial charge in [0, 0.05) is 58.8 Å². The Bertz CT molecular complexity index is 1270. The van der Waals surface area contributed by atoms with E-state index in [1.807, 2.05) is 50.2 Å². The summed E-state index contributed by atoms with van der Waals surface area (Å²) in [7, 11) is 1.49. The molecule has 1 saturated heterocycles. The molecule has 1 aliphatic heterocycles. The Kier molecular flexibility index (Phi) is 7.59. The first kappa shape index (κ1) is 27.4. The van der Waals surface area contributed by atoms with Gasteiger partial charge in [0.25, 0.3) is 5.92 Å². The molecule has 2 aromatic rings. The summed E-state index contributed by atoms with van der Waals surface area (Å²) in [5.74, 6) is 0.734. The fourth-order valence-electron chi connectivity index (χ4n) is 5.95. The number of carbonyl (C=O) groups is 1. The third-order valence-electron chi connectivity index (χ3n) is 8.32. The van der Waals surface area contributed by atoms with Crippen molar-refractivity contribution in [2.24, 2.45) is 43.8 Å². The average Bonchev–Trinajstić information content (AvgIpc) is 3.04. The molecular weight excluding hydrogens is 516 g/mol. The minimum atomic E-state index is -3.07. The number of alkyl halides is 2. The summed E-state index contributed by atoms with van der Waals surface area (Å²) in [6.45, 7) is 5.44. The lowest BCUT2D eigenvalue weighted by atomic mass is 9.47. The maximum Gasteiger partial charge on any atom is 0.252 e. The number of allylic oxidation sites excluding steroid dienone is 1. The SMILES string of the molecule is CN=C(C[C@@]12CC(F)(F)[C@@H](C)[C@H](/C=C/c3ccc(-c4ccccc4Cl)cn3)[C@]1(C)[C@@H](C)SC2=O)N=NN. The predicted molar refractivity (Wildman–Crippen MR) is 146 cm³/mol. The molecule has 6 nitrogen and oxygen atoms in total. The molecule has 2 aliphatic rings. The predicted octanol–water partition coefficient (Wildman–Crippen LogP) is 7.11. The van der Waals surface area contributed by atoms with E-state index >= 15 is 8.78 Å². The summed E-state index contributed by atoms with van der Waals surface area (Å²) in [5.41, 5.74) is 0.195. The molecule has 4 rings (SSSR count). The number of nitrogens with zero attached hydrogens (tertiary/aromatic N) is 4. The molecule has 37 heavy (non-hydrogen) atoms. The maximum absolute atomic E-state index is 15.6. The van der Waals surface area contributed by atoms with Crippen LogP contribution < -0.4 is 5.84 Å². The van der Waals surface area contributed by atoms with Crippen molar-refractivity contribution in [3.63, 3.8) is 0 Å². The van der Waals surface area contributed by atoms with Crippen molar-refractivity contribution >= 4 is 40.4 Å². The smallest absolute Gasteiger partial charge is 0.252 e. The number of aliphatic imine (C=N–C) groups is 1. The monoisotopic (exact) mass is 545 g/mol. The fourth-order valence-corrected chi connectivity index (χ4v) is 7.73. The number of aromatic nitrogens is 1. The van der Waals surface area contributed by atoms with Gasteiger partial charge < -0.3 is 5.84 Å². The van der Waals surface area contributed by atoms with Crippen molar-refractivity contribution in [1.29, 1.82) is 0 Å². The molecule has 1 saturated carbocycles. The van der Waals surface area contributed by atoms with Gasteiger partial charge >= 0.3 is 0 Å². The van der Waals surface area contributed by atoms with Gasteiger partial charge in [0.1, 0.15) is 5.84 Å². The lowest BCUT2D eigenvalue weighted by Crippen LogP contribution is -2.60. The van der Waals surface area contributed by atoms with E-state index in [2.05, 4.69) is 20.3 Å². The number of fused-ring (bicyclic) bond motifs is 1. The third kappa shape index (κ3) is 4.61. The largest absolute Gasteiger partial charge is 0.305 e. The van der Waals surface area contributed by atoms with Gasteiger partial charge in [-0.1, -0.05) is 79.7 Å². The first-order valence-corrected chi connectivity index (χ1v) is 13.3. The van der Waals surface area contributed by atoms with Gasteiger partial charge in [0.2, 0.25) is 0 Å². The second-order valence-electron chi connectivity index (χ2n) is 10.0. The Morgan fingerprint density at radius 3 is 2.62 bits per heavy atom. The van der Waals surface area contributed by atoms with Crippen LogP contribution in [0, 0.1) is 22.7 Å². The zero-order chi connectivity index (χ0) is 27.0. The van der Waals surface area contributed by atoms with Crippen molar-refractivity contribution in [1.82, 2.24) is 4.98 Å². The van der Waals surface area contributed by atoms with Crippen molar-refractivity contribution in [3.8, 4) is 11.1 Å². The molecule has 0 amide bonds. The molecule has 5 atom stereocenters. The number of amidine groups is 1. The highest BCUT2D eigenvalue weighted by Crippen LogP contribution is 2.70. The molecule has 2 fully saturated rings. The lowest BCUT2D eigenvalue weighted by Gasteiger charge is -2.56. The van der Waals surface area contributed by atoms with Gasteiger partial charge in [-0.05, 0) is 24.1 Å². The highest BCUT2D eigenvalue weighted by Gasteiger charge is 2.72. The van der Waals surface area contributed by atoms with Crippen LogP contribution in [0.3, 0.4) is 0 Å².